The van der Waals surface area contributed by atoms with Crippen LogP contribution in [0.25, 0.3) is 33.4 Å². The number of nitrogens with two attached hydrogens (primary N) is 1. The van der Waals surface area contributed by atoms with Crippen LogP contribution in [0, 0.1) is 0 Å². The molecule has 0 saturated heterocycles. The van der Waals surface area contributed by atoms with Crippen molar-refractivity contribution in [2.24, 2.45) is 0 Å². The molecule has 0 fully saturated rings. The standard InChI is InChI=1S/C26H23NO2/c1-28-25-11-5-19(6-12-25)22-15-21(18-3-9-24(27)10-4-18)16-23(17-22)20-7-13-26(29-2)14-8-20/h3-17H,27H2,1-2H3. The van der Waals surface area contributed by atoms with Gasteiger partial charge in [-0.25, -0.2) is 0 Å². The van der Waals surface area contributed by atoms with Gasteiger partial charge in [-0.3, -0.25) is 0 Å². The van der Waals surface area contributed by atoms with Crippen molar-refractivity contribution in [3.8, 4) is 44.9 Å². The minimum Gasteiger partial charge on any atom is -0.497 e. The average molecular weight is 381 g/mol. The first-order valence-corrected chi connectivity index (χ1v) is 9.46. The Bertz CT molecular complexity index is 1030. The molecule has 0 aromatic heterocycles. The Balaban J connectivity index is 1.84. The zero-order valence-electron chi connectivity index (χ0n) is 16.6. The summed E-state index contributed by atoms with van der Waals surface area (Å²) >= 11 is 0. The second-order valence-electron chi connectivity index (χ2n) is 6.88. The van der Waals surface area contributed by atoms with E-state index in [-0.39, 0.29) is 0 Å². The maximum absolute atomic E-state index is 5.88. The number of ether oxygens (including phenoxy) is 2. The van der Waals surface area contributed by atoms with Gasteiger partial charge in [0.25, 0.3) is 0 Å². The highest BCUT2D eigenvalue weighted by Crippen LogP contribution is 2.34. The highest BCUT2D eigenvalue weighted by Gasteiger charge is 2.08. The van der Waals surface area contributed by atoms with Gasteiger partial charge in [-0.15, -0.1) is 0 Å². The third-order valence-electron chi connectivity index (χ3n) is 5.02. The highest BCUT2D eigenvalue weighted by atomic mass is 16.5. The van der Waals surface area contributed by atoms with Crippen LogP contribution < -0.4 is 15.2 Å². The molecule has 0 spiro atoms. The van der Waals surface area contributed by atoms with E-state index in [1.807, 2.05) is 36.4 Å². The second kappa shape index (κ2) is 8.11. The molecule has 0 atom stereocenters. The van der Waals surface area contributed by atoms with Gasteiger partial charge in [0.1, 0.15) is 11.5 Å². The second-order valence-corrected chi connectivity index (χ2v) is 6.88. The number of benzene rings is 4. The molecule has 29 heavy (non-hydrogen) atoms. The zero-order valence-corrected chi connectivity index (χ0v) is 16.6. The molecule has 4 aromatic carbocycles. The highest BCUT2D eigenvalue weighted by molar-refractivity contribution is 5.81. The quantitative estimate of drug-likeness (QED) is 0.413. The number of rotatable bonds is 5. The first-order valence-electron chi connectivity index (χ1n) is 9.46. The van der Waals surface area contributed by atoms with Crippen LogP contribution >= 0.6 is 0 Å². The van der Waals surface area contributed by atoms with E-state index in [0.29, 0.717) is 0 Å². The predicted octanol–water partition coefficient (Wildman–Crippen LogP) is 6.29. The lowest BCUT2D eigenvalue weighted by Crippen LogP contribution is -1.88. The normalized spacial score (nSPS) is 10.6. The molecule has 0 heterocycles. The van der Waals surface area contributed by atoms with Gasteiger partial charge in [-0.05, 0) is 88.0 Å². The Morgan fingerprint density at radius 3 is 1.07 bits per heavy atom. The van der Waals surface area contributed by atoms with Crippen molar-refractivity contribution in [2.75, 3.05) is 20.0 Å². The Hall–Kier alpha value is -3.72. The fourth-order valence-electron chi connectivity index (χ4n) is 3.37. The van der Waals surface area contributed by atoms with E-state index in [2.05, 4.69) is 54.6 Å². The number of nitrogen functional groups attached to an aromatic ring is 1. The molecule has 144 valence electrons. The lowest BCUT2D eigenvalue weighted by Gasteiger charge is -2.12. The van der Waals surface area contributed by atoms with Crippen molar-refractivity contribution in [2.45, 2.75) is 0 Å². The molecular formula is C26H23NO2. The van der Waals surface area contributed by atoms with E-state index in [4.69, 9.17) is 15.2 Å². The lowest BCUT2D eigenvalue weighted by molar-refractivity contribution is 0.415. The Labute approximate surface area is 171 Å². The molecule has 0 amide bonds. The van der Waals surface area contributed by atoms with Gasteiger partial charge in [0.2, 0.25) is 0 Å². The molecule has 2 N–H and O–H groups in total. The van der Waals surface area contributed by atoms with Crippen LogP contribution in [-0.2, 0) is 0 Å². The molecule has 4 aromatic rings. The summed E-state index contributed by atoms with van der Waals surface area (Å²) in [6, 6.07) is 30.9. The smallest absolute Gasteiger partial charge is 0.118 e. The summed E-state index contributed by atoms with van der Waals surface area (Å²) in [6.45, 7) is 0. The Morgan fingerprint density at radius 1 is 0.448 bits per heavy atom. The van der Waals surface area contributed by atoms with Crippen LogP contribution in [0.5, 0.6) is 11.5 Å². The molecule has 0 bridgehead atoms. The molecular weight excluding hydrogens is 358 g/mol. The van der Waals surface area contributed by atoms with Crippen molar-refractivity contribution in [1.82, 2.24) is 0 Å². The van der Waals surface area contributed by atoms with Crippen LogP contribution in [-0.4, -0.2) is 14.2 Å². The minimum atomic E-state index is 0.760. The lowest BCUT2D eigenvalue weighted by atomic mass is 9.93. The number of methoxy groups -OCH3 is 2. The maximum Gasteiger partial charge on any atom is 0.118 e. The minimum absolute atomic E-state index is 0.760. The van der Waals surface area contributed by atoms with E-state index >= 15 is 0 Å². The van der Waals surface area contributed by atoms with Crippen molar-refractivity contribution in [3.05, 3.63) is 91.0 Å². The number of anilines is 1. The summed E-state index contributed by atoms with van der Waals surface area (Å²) in [5.41, 5.74) is 13.5. The largest absolute Gasteiger partial charge is 0.497 e. The van der Waals surface area contributed by atoms with E-state index in [0.717, 1.165) is 50.6 Å². The molecule has 0 unspecified atom stereocenters. The monoisotopic (exact) mass is 381 g/mol. The molecule has 0 aliphatic carbocycles. The van der Waals surface area contributed by atoms with Crippen LogP contribution in [0.1, 0.15) is 0 Å². The van der Waals surface area contributed by atoms with Gasteiger partial charge in [-0.2, -0.15) is 0 Å². The molecule has 0 radical (unpaired) electrons. The Kier molecular flexibility index (Phi) is 5.21. The van der Waals surface area contributed by atoms with Crippen molar-refractivity contribution in [1.29, 1.82) is 0 Å². The summed E-state index contributed by atoms with van der Waals surface area (Å²) in [5, 5.41) is 0. The summed E-state index contributed by atoms with van der Waals surface area (Å²) in [5.74, 6) is 1.69. The van der Waals surface area contributed by atoms with Gasteiger partial charge < -0.3 is 15.2 Å². The molecule has 3 nitrogen and oxygen atoms in total. The summed E-state index contributed by atoms with van der Waals surface area (Å²) in [4.78, 5) is 0. The zero-order chi connectivity index (χ0) is 20.2. The van der Waals surface area contributed by atoms with Crippen molar-refractivity contribution >= 4 is 5.69 Å². The van der Waals surface area contributed by atoms with E-state index in [1.54, 1.807) is 14.2 Å². The molecule has 0 aliphatic heterocycles. The SMILES string of the molecule is COc1ccc(-c2cc(-c3ccc(N)cc3)cc(-c3ccc(OC)cc3)c2)cc1. The third kappa shape index (κ3) is 4.09. The first kappa shape index (κ1) is 18.6. The molecule has 0 aliphatic rings. The van der Waals surface area contributed by atoms with Crippen molar-refractivity contribution < 1.29 is 9.47 Å². The molecule has 3 heteroatoms. The van der Waals surface area contributed by atoms with Gasteiger partial charge in [0.15, 0.2) is 0 Å². The number of hydrogen-bond acceptors (Lipinski definition) is 3. The van der Waals surface area contributed by atoms with Gasteiger partial charge in [-0.1, -0.05) is 36.4 Å². The average Bonchev–Trinajstić information content (AvgIpc) is 2.79. The number of hydrogen-bond donors (Lipinski definition) is 1. The van der Waals surface area contributed by atoms with E-state index < -0.39 is 0 Å². The Morgan fingerprint density at radius 2 is 0.759 bits per heavy atom. The van der Waals surface area contributed by atoms with E-state index in [9.17, 15) is 0 Å². The van der Waals surface area contributed by atoms with Crippen LogP contribution in [0.15, 0.2) is 91.0 Å². The van der Waals surface area contributed by atoms with Gasteiger partial charge >= 0.3 is 0 Å². The molecule has 0 saturated carbocycles. The van der Waals surface area contributed by atoms with Gasteiger partial charge in [0.05, 0.1) is 14.2 Å². The third-order valence-corrected chi connectivity index (χ3v) is 5.02. The first-order chi connectivity index (χ1) is 14.2. The van der Waals surface area contributed by atoms with Crippen LogP contribution in [0.4, 0.5) is 5.69 Å². The predicted molar refractivity (Wildman–Crippen MR) is 120 cm³/mol. The summed E-state index contributed by atoms with van der Waals surface area (Å²) in [7, 11) is 3.36. The summed E-state index contributed by atoms with van der Waals surface area (Å²) < 4.78 is 10.6. The topological polar surface area (TPSA) is 44.5 Å². The van der Waals surface area contributed by atoms with E-state index in [1.165, 1.54) is 0 Å². The van der Waals surface area contributed by atoms with Gasteiger partial charge in [0, 0.05) is 5.69 Å². The fraction of sp³-hybridized carbons (Fsp3) is 0.0769. The van der Waals surface area contributed by atoms with Crippen molar-refractivity contribution in [3.63, 3.8) is 0 Å². The van der Waals surface area contributed by atoms with Crippen LogP contribution in [0.2, 0.25) is 0 Å². The fourth-order valence-corrected chi connectivity index (χ4v) is 3.37. The summed E-state index contributed by atoms with van der Waals surface area (Å²) in [6.07, 6.45) is 0. The maximum atomic E-state index is 5.88. The van der Waals surface area contributed by atoms with Crippen LogP contribution in [0.3, 0.4) is 0 Å². The molecule has 4 rings (SSSR count).